The molecule has 0 spiro atoms. The minimum absolute atomic E-state index is 0.371. The summed E-state index contributed by atoms with van der Waals surface area (Å²) in [6, 6.07) is 0. The van der Waals surface area contributed by atoms with Gasteiger partial charge in [0.15, 0.2) is 0 Å². The van der Waals surface area contributed by atoms with Crippen molar-refractivity contribution in [2.75, 3.05) is 7.11 Å². The van der Waals surface area contributed by atoms with Crippen molar-refractivity contribution in [1.29, 1.82) is 0 Å². The first-order chi connectivity index (χ1) is 9.93. The van der Waals surface area contributed by atoms with E-state index >= 15 is 0 Å². The summed E-state index contributed by atoms with van der Waals surface area (Å²) in [6.07, 6.45) is 11.6. The van der Waals surface area contributed by atoms with Crippen molar-refractivity contribution in [3.05, 3.63) is 0 Å². The topological polar surface area (TPSA) is 26.3 Å². The molecule has 2 heteroatoms. The minimum Gasteiger partial charge on any atom is -0.381 e. The summed E-state index contributed by atoms with van der Waals surface area (Å²) in [7, 11) is 1.85. The van der Waals surface area contributed by atoms with E-state index in [1.807, 2.05) is 7.11 Å². The van der Waals surface area contributed by atoms with Gasteiger partial charge in [0, 0.05) is 13.5 Å². The summed E-state index contributed by atoms with van der Waals surface area (Å²) in [5.41, 5.74) is 0.458. The molecule has 0 aromatic carbocycles. The average molecular weight is 294 g/mol. The SMILES string of the molecule is COC1CCC(C(C)(C)C2CCC(CC(C)=O)CC2)CC1. The largest absolute Gasteiger partial charge is 0.381 e. The van der Waals surface area contributed by atoms with Gasteiger partial charge in [0.1, 0.15) is 5.78 Å². The standard InChI is InChI=1S/C19H34O2/c1-14(20)13-15-5-7-16(8-6-15)19(2,3)17-9-11-18(21-4)12-10-17/h15-18H,5-13H2,1-4H3. The van der Waals surface area contributed by atoms with Crippen molar-refractivity contribution in [3.63, 3.8) is 0 Å². The number of Topliss-reactive ketones (excluding diaryl/α,β-unsaturated/α-hetero) is 1. The number of methoxy groups -OCH3 is 1. The Balaban J connectivity index is 1.85. The maximum atomic E-state index is 11.3. The third kappa shape index (κ3) is 4.31. The zero-order valence-electron chi connectivity index (χ0n) is 14.5. The highest BCUT2D eigenvalue weighted by atomic mass is 16.5. The quantitative estimate of drug-likeness (QED) is 0.713. The Hall–Kier alpha value is -0.370. The van der Waals surface area contributed by atoms with Crippen LogP contribution < -0.4 is 0 Å². The first-order valence-electron chi connectivity index (χ1n) is 8.95. The molecule has 0 heterocycles. The Morgan fingerprint density at radius 1 is 0.952 bits per heavy atom. The van der Waals surface area contributed by atoms with Crippen molar-refractivity contribution in [2.45, 2.75) is 84.7 Å². The number of ketones is 1. The van der Waals surface area contributed by atoms with E-state index in [4.69, 9.17) is 4.74 Å². The molecule has 2 fully saturated rings. The Kier molecular flexibility index (Phi) is 5.88. The van der Waals surface area contributed by atoms with E-state index in [2.05, 4.69) is 13.8 Å². The number of carbonyl (C=O) groups excluding carboxylic acids is 1. The second-order valence-corrected chi connectivity index (χ2v) is 8.15. The van der Waals surface area contributed by atoms with Crippen LogP contribution >= 0.6 is 0 Å². The monoisotopic (exact) mass is 294 g/mol. The molecule has 122 valence electrons. The minimum atomic E-state index is 0.371. The summed E-state index contributed by atoms with van der Waals surface area (Å²) in [5, 5.41) is 0. The lowest BCUT2D eigenvalue weighted by Crippen LogP contribution is -2.38. The highest BCUT2D eigenvalue weighted by Crippen LogP contribution is 2.49. The average Bonchev–Trinajstić information content (AvgIpc) is 2.47. The van der Waals surface area contributed by atoms with Gasteiger partial charge in [0.25, 0.3) is 0 Å². The van der Waals surface area contributed by atoms with Crippen LogP contribution in [-0.4, -0.2) is 19.0 Å². The molecule has 0 bridgehead atoms. The summed E-state index contributed by atoms with van der Waals surface area (Å²) < 4.78 is 5.52. The summed E-state index contributed by atoms with van der Waals surface area (Å²) in [6.45, 7) is 6.74. The smallest absolute Gasteiger partial charge is 0.130 e. The fourth-order valence-electron chi connectivity index (χ4n) is 4.89. The maximum absolute atomic E-state index is 11.3. The molecule has 2 saturated carbocycles. The molecule has 0 atom stereocenters. The van der Waals surface area contributed by atoms with Gasteiger partial charge in [-0.15, -0.1) is 0 Å². The molecule has 0 aromatic heterocycles. The summed E-state index contributed by atoms with van der Waals surface area (Å²) in [4.78, 5) is 11.3. The van der Waals surface area contributed by atoms with Crippen LogP contribution in [0.1, 0.15) is 78.6 Å². The fourth-order valence-corrected chi connectivity index (χ4v) is 4.89. The van der Waals surface area contributed by atoms with Crippen molar-refractivity contribution in [3.8, 4) is 0 Å². The number of hydrogen-bond donors (Lipinski definition) is 0. The summed E-state index contributed by atoms with van der Waals surface area (Å²) in [5.74, 6) is 2.75. The normalized spacial score (nSPS) is 34.7. The Bertz CT molecular complexity index is 331. The van der Waals surface area contributed by atoms with E-state index < -0.39 is 0 Å². The van der Waals surface area contributed by atoms with Gasteiger partial charge in [-0.25, -0.2) is 0 Å². The third-order valence-electron chi connectivity index (χ3n) is 6.53. The molecule has 2 rings (SSSR count). The number of rotatable bonds is 5. The lowest BCUT2D eigenvalue weighted by Gasteiger charge is -2.46. The van der Waals surface area contributed by atoms with E-state index in [0.717, 1.165) is 18.3 Å². The highest BCUT2D eigenvalue weighted by Gasteiger charge is 2.40. The lowest BCUT2D eigenvalue weighted by atomic mass is 9.59. The molecule has 2 nitrogen and oxygen atoms in total. The van der Waals surface area contributed by atoms with Gasteiger partial charge in [-0.2, -0.15) is 0 Å². The molecule has 0 unspecified atom stereocenters. The van der Waals surface area contributed by atoms with E-state index in [-0.39, 0.29) is 0 Å². The first kappa shape index (κ1) is 17.0. The Morgan fingerprint density at radius 2 is 1.43 bits per heavy atom. The maximum Gasteiger partial charge on any atom is 0.130 e. The van der Waals surface area contributed by atoms with Gasteiger partial charge in [-0.1, -0.05) is 13.8 Å². The molecule has 0 radical (unpaired) electrons. The van der Waals surface area contributed by atoms with Gasteiger partial charge >= 0.3 is 0 Å². The van der Waals surface area contributed by atoms with Crippen molar-refractivity contribution < 1.29 is 9.53 Å². The van der Waals surface area contributed by atoms with Crippen molar-refractivity contribution in [1.82, 2.24) is 0 Å². The predicted octanol–water partition coefficient (Wildman–Crippen LogP) is 5.00. The molecule has 0 aliphatic heterocycles. The Labute approximate surface area is 131 Å². The predicted molar refractivity (Wildman–Crippen MR) is 87.3 cm³/mol. The van der Waals surface area contributed by atoms with Gasteiger partial charge in [0.05, 0.1) is 6.10 Å². The van der Waals surface area contributed by atoms with Gasteiger partial charge in [0.2, 0.25) is 0 Å². The first-order valence-corrected chi connectivity index (χ1v) is 8.95. The zero-order chi connectivity index (χ0) is 15.5. The van der Waals surface area contributed by atoms with Crippen molar-refractivity contribution in [2.24, 2.45) is 23.2 Å². The molecular weight excluding hydrogens is 260 g/mol. The molecular formula is C19H34O2. The summed E-state index contributed by atoms with van der Waals surface area (Å²) >= 11 is 0. The van der Waals surface area contributed by atoms with E-state index in [1.165, 1.54) is 51.4 Å². The van der Waals surface area contributed by atoms with E-state index in [9.17, 15) is 4.79 Å². The molecule has 0 N–H and O–H groups in total. The van der Waals surface area contributed by atoms with Crippen LogP contribution in [0.2, 0.25) is 0 Å². The highest BCUT2D eigenvalue weighted by molar-refractivity contribution is 5.75. The number of hydrogen-bond acceptors (Lipinski definition) is 2. The van der Waals surface area contributed by atoms with Crippen molar-refractivity contribution >= 4 is 5.78 Å². The van der Waals surface area contributed by atoms with Crippen LogP contribution in [0, 0.1) is 23.2 Å². The number of carbonyl (C=O) groups is 1. The molecule has 0 amide bonds. The zero-order valence-corrected chi connectivity index (χ0v) is 14.5. The third-order valence-corrected chi connectivity index (χ3v) is 6.53. The van der Waals surface area contributed by atoms with E-state index in [0.29, 0.717) is 23.2 Å². The number of ether oxygens (including phenoxy) is 1. The van der Waals surface area contributed by atoms with Crippen LogP contribution in [0.3, 0.4) is 0 Å². The molecule has 0 aromatic rings. The van der Waals surface area contributed by atoms with Crippen LogP contribution in [0.5, 0.6) is 0 Å². The molecule has 2 aliphatic rings. The molecule has 2 aliphatic carbocycles. The lowest BCUT2D eigenvalue weighted by molar-refractivity contribution is -0.118. The molecule has 0 saturated heterocycles. The van der Waals surface area contributed by atoms with E-state index in [1.54, 1.807) is 6.92 Å². The van der Waals surface area contributed by atoms with Gasteiger partial charge in [-0.05, 0) is 81.5 Å². The van der Waals surface area contributed by atoms with Crippen LogP contribution in [-0.2, 0) is 9.53 Å². The van der Waals surface area contributed by atoms with Gasteiger partial charge < -0.3 is 9.53 Å². The second-order valence-electron chi connectivity index (χ2n) is 8.15. The van der Waals surface area contributed by atoms with Crippen LogP contribution in [0.25, 0.3) is 0 Å². The van der Waals surface area contributed by atoms with Crippen LogP contribution in [0.15, 0.2) is 0 Å². The van der Waals surface area contributed by atoms with Crippen LogP contribution in [0.4, 0.5) is 0 Å². The second kappa shape index (κ2) is 7.26. The fraction of sp³-hybridized carbons (Fsp3) is 0.947. The van der Waals surface area contributed by atoms with Gasteiger partial charge in [-0.3, -0.25) is 0 Å². The molecule has 21 heavy (non-hydrogen) atoms. The Morgan fingerprint density at radius 3 is 1.86 bits per heavy atom.